The number of hydrogen-bond acceptors (Lipinski definition) is 6. The molecule has 3 atom stereocenters. The summed E-state index contributed by atoms with van der Waals surface area (Å²) in [6.45, 7) is 14.0. The van der Waals surface area contributed by atoms with E-state index in [1.807, 2.05) is 0 Å². The van der Waals surface area contributed by atoms with E-state index in [2.05, 4.69) is 57.5 Å². The largest absolute Gasteiger partial charge is 1.21 e. The zero-order valence-electron chi connectivity index (χ0n) is 24.4. The van der Waals surface area contributed by atoms with E-state index >= 15 is 0 Å². The first-order valence-corrected chi connectivity index (χ1v) is 16.1. The van der Waals surface area contributed by atoms with Gasteiger partial charge in [0.05, 0.1) is 0 Å². The zero-order chi connectivity index (χ0) is 27.9. The van der Waals surface area contributed by atoms with E-state index in [-0.39, 0.29) is 0 Å². The quantitative estimate of drug-likeness (QED) is 0.137. The van der Waals surface area contributed by atoms with E-state index in [1.54, 1.807) is 0 Å². The van der Waals surface area contributed by atoms with Crippen LogP contribution in [-0.4, -0.2) is 53.1 Å². The molecule has 0 aliphatic rings. The van der Waals surface area contributed by atoms with Crippen LogP contribution < -0.4 is 16.0 Å². The van der Waals surface area contributed by atoms with Crippen molar-refractivity contribution in [2.24, 2.45) is 17.8 Å². The van der Waals surface area contributed by atoms with Gasteiger partial charge in [-0.05, 0) is 37.0 Å². The molecule has 0 rings (SSSR count). The maximum absolute atomic E-state index is 12.4. The van der Waals surface area contributed by atoms with E-state index < -0.39 is 33.4 Å². The lowest BCUT2D eigenvalue weighted by atomic mass is 10.00. The van der Waals surface area contributed by atoms with Crippen LogP contribution in [0.25, 0.3) is 0 Å². The van der Waals surface area contributed by atoms with Crippen molar-refractivity contribution in [1.29, 1.82) is 0 Å². The average Bonchev–Trinajstić information content (AvgIpc) is 2.88. The van der Waals surface area contributed by atoms with Gasteiger partial charge in [-0.2, -0.15) is 0 Å². The molecular formula is C27H54AlN3O6. The number of amides is 3. The van der Waals surface area contributed by atoms with Crippen molar-refractivity contribution in [3.63, 3.8) is 0 Å². The standard InChI is InChI=1S/3C9H19NO2.Al/c3*1-3-5-6-8(4-2)7-10-9(11)12;/h3*8,10H,3-7H2,1-2H3,(H,11,12);/q;;;+3/p-3. The Labute approximate surface area is 230 Å². The van der Waals surface area contributed by atoms with E-state index in [9.17, 15) is 14.4 Å². The molecule has 0 aliphatic heterocycles. The molecular weight excluding hydrogens is 489 g/mol. The van der Waals surface area contributed by atoms with Crippen LogP contribution >= 0.6 is 0 Å². The molecule has 10 heteroatoms. The van der Waals surface area contributed by atoms with Crippen LogP contribution in [-0.2, 0) is 11.4 Å². The first-order chi connectivity index (χ1) is 17.8. The van der Waals surface area contributed by atoms with Gasteiger partial charge in [-0.1, -0.05) is 99.3 Å². The molecule has 3 N–H and O–H groups in total. The van der Waals surface area contributed by atoms with Crippen molar-refractivity contribution in [2.75, 3.05) is 19.6 Å². The molecule has 0 saturated heterocycles. The summed E-state index contributed by atoms with van der Waals surface area (Å²) in [4.78, 5) is 37.3. The summed E-state index contributed by atoms with van der Waals surface area (Å²) in [7, 11) is 0. The summed E-state index contributed by atoms with van der Waals surface area (Å²) in [5.74, 6) is 1.01. The Morgan fingerprint density at radius 2 is 0.811 bits per heavy atom. The van der Waals surface area contributed by atoms with E-state index in [1.165, 1.54) is 0 Å². The van der Waals surface area contributed by atoms with Gasteiger partial charge in [0.2, 0.25) is 0 Å². The van der Waals surface area contributed by atoms with Crippen molar-refractivity contribution in [2.45, 2.75) is 119 Å². The smallest absolute Gasteiger partial charge is 0.534 e. The third-order valence-corrected chi connectivity index (χ3v) is 8.06. The van der Waals surface area contributed by atoms with Crippen LogP contribution in [0, 0.1) is 17.8 Å². The summed E-state index contributed by atoms with van der Waals surface area (Å²) in [5, 5.41) is 8.20. The highest BCUT2D eigenvalue weighted by Gasteiger charge is 2.49. The van der Waals surface area contributed by atoms with Gasteiger partial charge in [0.1, 0.15) is 0 Å². The maximum Gasteiger partial charge on any atom is 1.21 e. The summed E-state index contributed by atoms with van der Waals surface area (Å²) < 4.78 is 15.9. The third-order valence-electron chi connectivity index (χ3n) is 6.84. The highest BCUT2D eigenvalue weighted by Crippen LogP contribution is 2.13. The number of hydrogen-bond donors (Lipinski definition) is 3. The first-order valence-electron chi connectivity index (χ1n) is 14.7. The van der Waals surface area contributed by atoms with Crippen molar-refractivity contribution in [3.05, 3.63) is 0 Å². The van der Waals surface area contributed by atoms with Crippen LogP contribution in [0.1, 0.15) is 119 Å². The molecule has 0 heterocycles. The summed E-state index contributed by atoms with van der Waals surface area (Å²) in [6.07, 6.45) is 10.2. The minimum Gasteiger partial charge on any atom is -0.534 e. The molecule has 9 nitrogen and oxygen atoms in total. The molecule has 0 aromatic rings. The van der Waals surface area contributed by atoms with Crippen molar-refractivity contribution < 1.29 is 25.7 Å². The van der Waals surface area contributed by atoms with Crippen LogP contribution in [0.2, 0.25) is 0 Å². The van der Waals surface area contributed by atoms with Gasteiger partial charge in [0.25, 0.3) is 0 Å². The molecule has 0 bridgehead atoms. The number of nitrogens with one attached hydrogen (secondary N) is 3. The molecule has 0 aromatic heterocycles. The van der Waals surface area contributed by atoms with Crippen molar-refractivity contribution in [3.8, 4) is 0 Å². The Balaban J connectivity index is 4.98. The summed E-state index contributed by atoms with van der Waals surface area (Å²) >= 11 is -3.43. The normalized spacial score (nSPS) is 13.1. The predicted molar refractivity (Wildman–Crippen MR) is 149 cm³/mol. The second kappa shape index (κ2) is 23.5. The van der Waals surface area contributed by atoms with Gasteiger partial charge >= 0.3 is 33.4 Å². The van der Waals surface area contributed by atoms with Gasteiger partial charge in [-0.15, -0.1) is 0 Å². The molecule has 0 saturated carbocycles. The van der Waals surface area contributed by atoms with Crippen molar-refractivity contribution >= 4 is 33.4 Å². The fraction of sp³-hybridized carbons (Fsp3) is 0.889. The monoisotopic (exact) mass is 543 g/mol. The Kier molecular flexibility index (Phi) is 22.4. The van der Waals surface area contributed by atoms with Gasteiger partial charge < -0.3 is 27.3 Å². The Bertz CT molecular complexity index is 530. The van der Waals surface area contributed by atoms with E-state index in [4.69, 9.17) is 11.4 Å². The maximum atomic E-state index is 12.4. The first kappa shape index (κ1) is 35.3. The van der Waals surface area contributed by atoms with Gasteiger partial charge in [0.15, 0.2) is 0 Å². The van der Waals surface area contributed by atoms with E-state index in [0.29, 0.717) is 37.4 Å². The molecule has 3 unspecified atom stereocenters. The second-order valence-electron chi connectivity index (χ2n) is 9.90. The van der Waals surface area contributed by atoms with Crippen LogP contribution in [0.4, 0.5) is 14.4 Å². The Hall–Kier alpha value is -1.66. The van der Waals surface area contributed by atoms with Gasteiger partial charge in [0, 0.05) is 19.6 Å². The molecule has 0 fully saturated rings. The third kappa shape index (κ3) is 19.1. The average molecular weight is 544 g/mol. The molecule has 216 valence electrons. The van der Waals surface area contributed by atoms with E-state index in [0.717, 1.165) is 77.0 Å². The zero-order valence-corrected chi connectivity index (χ0v) is 25.5. The predicted octanol–water partition coefficient (Wildman–Crippen LogP) is 6.80. The second-order valence-corrected chi connectivity index (χ2v) is 11.2. The molecule has 0 aliphatic carbocycles. The fourth-order valence-electron chi connectivity index (χ4n) is 3.97. The Morgan fingerprint density at radius 3 is 1.03 bits per heavy atom. The van der Waals surface area contributed by atoms with Gasteiger partial charge in [-0.25, -0.2) is 14.4 Å². The number of carbonyl (C=O) groups excluding carboxylic acids is 3. The molecule has 37 heavy (non-hydrogen) atoms. The SMILES string of the molecule is CCCCC(CC)CNC(=O)[O][Al]([O]C(=O)NCC(CC)CCCC)[O]C(=O)NCC(CC)CCCC. The summed E-state index contributed by atoms with van der Waals surface area (Å²) in [6, 6.07) is 0. The lowest BCUT2D eigenvalue weighted by Gasteiger charge is -2.19. The lowest BCUT2D eigenvalue weighted by Crippen LogP contribution is -2.44. The van der Waals surface area contributed by atoms with Crippen LogP contribution in [0.5, 0.6) is 0 Å². The minimum atomic E-state index is -3.43. The topological polar surface area (TPSA) is 115 Å². The molecule has 3 amide bonds. The van der Waals surface area contributed by atoms with Gasteiger partial charge in [-0.3, -0.25) is 0 Å². The highest BCUT2D eigenvalue weighted by atomic mass is 27.3. The van der Waals surface area contributed by atoms with Crippen LogP contribution in [0.3, 0.4) is 0 Å². The van der Waals surface area contributed by atoms with Crippen LogP contribution in [0.15, 0.2) is 0 Å². The summed E-state index contributed by atoms with van der Waals surface area (Å²) in [5.41, 5.74) is 0. The lowest BCUT2D eigenvalue weighted by molar-refractivity contribution is 0.127. The minimum absolute atomic E-state index is 0.337. The number of carbonyl (C=O) groups is 3. The Morgan fingerprint density at radius 1 is 0.541 bits per heavy atom. The highest BCUT2D eigenvalue weighted by molar-refractivity contribution is 6.43. The molecule has 0 spiro atoms. The molecule has 0 aromatic carbocycles. The number of rotatable bonds is 21. The fourth-order valence-corrected chi connectivity index (χ4v) is 4.89. The number of unbranched alkanes of at least 4 members (excludes halogenated alkanes) is 3. The molecule has 0 radical (unpaired) electrons. The van der Waals surface area contributed by atoms with Crippen molar-refractivity contribution in [1.82, 2.24) is 16.0 Å².